The number of rotatable bonds is 1. The molecule has 0 saturated carbocycles. The second kappa shape index (κ2) is 7.23. The summed E-state index contributed by atoms with van der Waals surface area (Å²) < 4.78 is 5.60. The molecule has 0 spiro atoms. The van der Waals surface area contributed by atoms with E-state index in [4.69, 9.17) is 10.2 Å². The minimum Gasteiger partial charge on any atom is -0.464 e. The van der Waals surface area contributed by atoms with Gasteiger partial charge in [0.2, 0.25) is 0 Å². The van der Waals surface area contributed by atoms with Gasteiger partial charge in [0, 0.05) is 5.56 Å². The van der Waals surface area contributed by atoms with E-state index in [2.05, 4.69) is 12.1 Å². The van der Waals surface area contributed by atoms with Crippen molar-refractivity contribution in [2.75, 3.05) is 5.73 Å². The molecule has 0 radical (unpaired) electrons. The van der Waals surface area contributed by atoms with Gasteiger partial charge in [0.15, 0.2) is 0 Å². The van der Waals surface area contributed by atoms with Gasteiger partial charge in [-0.25, -0.2) is 0 Å². The van der Waals surface area contributed by atoms with Crippen molar-refractivity contribution < 1.29 is 4.42 Å². The smallest absolute Gasteiger partial charge is 0.135 e. The molecule has 1 aliphatic carbocycles. The van der Waals surface area contributed by atoms with Crippen LogP contribution in [-0.4, -0.2) is 0 Å². The molecule has 0 unspecified atom stereocenters. The van der Waals surface area contributed by atoms with E-state index >= 15 is 0 Å². The van der Waals surface area contributed by atoms with Crippen molar-refractivity contribution in [1.29, 1.82) is 10.5 Å². The molecule has 2 aromatic rings. The first-order valence-electron chi connectivity index (χ1n) is 8.59. The third-order valence-corrected chi connectivity index (χ3v) is 4.85. The molecule has 24 heavy (non-hydrogen) atoms. The van der Waals surface area contributed by atoms with Gasteiger partial charge in [-0.2, -0.15) is 10.5 Å². The molecule has 2 N–H and O–H groups in total. The summed E-state index contributed by atoms with van der Waals surface area (Å²) in [7, 11) is 0. The van der Waals surface area contributed by atoms with Gasteiger partial charge in [0.1, 0.15) is 17.9 Å². The quantitative estimate of drug-likeness (QED) is 0.771. The molecule has 0 aliphatic heterocycles. The first-order chi connectivity index (χ1) is 11.8. The summed E-state index contributed by atoms with van der Waals surface area (Å²) in [5.41, 5.74) is 10.2. The topological polar surface area (TPSA) is 86.7 Å². The molecule has 0 atom stereocenters. The fourth-order valence-corrected chi connectivity index (χ4v) is 3.67. The lowest BCUT2D eigenvalue weighted by Gasteiger charge is -2.20. The van der Waals surface area contributed by atoms with Crippen molar-refractivity contribution in [3.05, 3.63) is 40.6 Å². The first-order valence-corrected chi connectivity index (χ1v) is 8.59. The van der Waals surface area contributed by atoms with Crippen LogP contribution < -0.4 is 5.73 Å². The first kappa shape index (κ1) is 16.1. The Morgan fingerprint density at radius 1 is 0.875 bits per heavy atom. The van der Waals surface area contributed by atoms with E-state index in [0.717, 1.165) is 42.4 Å². The van der Waals surface area contributed by atoms with Crippen LogP contribution in [0, 0.1) is 22.7 Å². The van der Waals surface area contributed by atoms with Gasteiger partial charge in [-0.3, -0.25) is 0 Å². The zero-order valence-corrected chi connectivity index (χ0v) is 13.8. The zero-order valence-electron chi connectivity index (χ0n) is 13.8. The Kier molecular flexibility index (Phi) is 4.87. The van der Waals surface area contributed by atoms with Gasteiger partial charge < -0.3 is 10.2 Å². The molecule has 1 aliphatic rings. The molecule has 1 aromatic carbocycles. The number of nitrogens with zero attached hydrogens (tertiary/aromatic N) is 2. The molecule has 0 fully saturated rings. The molecule has 3 rings (SSSR count). The number of fused-ring (bicyclic) bond motifs is 1. The molecule has 0 bridgehead atoms. The van der Waals surface area contributed by atoms with Crippen LogP contribution in [0.1, 0.15) is 60.8 Å². The third-order valence-electron chi connectivity index (χ3n) is 4.85. The minimum atomic E-state index is 0.294. The molecular weight excluding hydrogens is 298 g/mol. The highest BCUT2D eigenvalue weighted by Crippen LogP contribution is 2.39. The third kappa shape index (κ3) is 2.88. The van der Waals surface area contributed by atoms with E-state index in [1.54, 1.807) is 6.26 Å². The lowest BCUT2D eigenvalue weighted by molar-refractivity contribution is 0.572. The normalized spacial score (nSPS) is 15.1. The molecule has 1 heterocycles. The monoisotopic (exact) mass is 319 g/mol. The average molecular weight is 319 g/mol. The van der Waals surface area contributed by atoms with Crippen LogP contribution in [0.5, 0.6) is 0 Å². The molecule has 4 heteroatoms. The molecule has 0 saturated heterocycles. The standard InChI is InChI=1S/C20H21N3O/c21-12-16-14-8-5-3-1-2-4-6-9-15(14)19(17(13-22)20(16)23)18-10-7-11-24-18/h7,10-11H,1-6,8-9,23H2. The number of nitrogens with two attached hydrogens (primary N) is 1. The van der Waals surface area contributed by atoms with Crippen molar-refractivity contribution in [3.63, 3.8) is 0 Å². The van der Waals surface area contributed by atoms with E-state index in [0.29, 0.717) is 22.6 Å². The molecule has 122 valence electrons. The Bertz CT molecular complexity index is 807. The second-order valence-electron chi connectivity index (χ2n) is 6.32. The summed E-state index contributed by atoms with van der Waals surface area (Å²) in [5.74, 6) is 0.663. The van der Waals surface area contributed by atoms with Gasteiger partial charge in [-0.1, -0.05) is 25.7 Å². The number of anilines is 1. The lowest BCUT2D eigenvalue weighted by atomic mass is 9.83. The Labute approximate surface area is 142 Å². The van der Waals surface area contributed by atoms with Crippen molar-refractivity contribution in [1.82, 2.24) is 0 Å². The van der Waals surface area contributed by atoms with Crippen LogP contribution in [0.2, 0.25) is 0 Å². The number of furan rings is 1. The van der Waals surface area contributed by atoms with Gasteiger partial charge in [-0.15, -0.1) is 0 Å². The van der Waals surface area contributed by atoms with E-state index in [-0.39, 0.29) is 0 Å². The maximum atomic E-state index is 9.66. The van der Waals surface area contributed by atoms with Crippen LogP contribution in [0.3, 0.4) is 0 Å². The number of nitriles is 2. The number of benzene rings is 1. The SMILES string of the molecule is N#Cc1c(N)c(C#N)c(-c2ccco2)c2c1CCCCCCCC2. The fraction of sp³-hybridized carbons (Fsp3) is 0.400. The minimum absolute atomic E-state index is 0.294. The van der Waals surface area contributed by atoms with Crippen LogP contribution in [0.4, 0.5) is 5.69 Å². The van der Waals surface area contributed by atoms with Gasteiger partial charge in [0.25, 0.3) is 0 Å². The van der Waals surface area contributed by atoms with Crippen molar-refractivity contribution >= 4 is 5.69 Å². The maximum absolute atomic E-state index is 9.66. The van der Waals surface area contributed by atoms with E-state index < -0.39 is 0 Å². The molecule has 0 amide bonds. The average Bonchev–Trinajstić information content (AvgIpc) is 3.12. The van der Waals surface area contributed by atoms with Gasteiger partial charge in [-0.05, 0) is 48.9 Å². The number of nitrogen functional groups attached to an aromatic ring is 1. The van der Waals surface area contributed by atoms with Crippen molar-refractivity contribution in [3.8, 4) is 23.5 Å². The maximum Gasteiger partial charge on any atom is 0.135 e. The largest absolute Gasteiger partial charge is 0.464 e. The highest BCUT2D eigenvalue weighted by molar-refractivity contribution is 5.83. The summed E-state index contributed by atoms with van der Waals surface area (Å²) >= 11 is 0. The van der Waals surface area contributed by atoms with Crippen molar-refractivity contribution in [2.45, 2.75) is 51.4 Å². The Hall–Kier alpha value is -2.72. The van der Waals surface area contributed by atoms with Crippen LogP contribution in [0.15, 0.2) is 22.8 Å². The predicted octanol–water partition coefficient (Wildman–Crippen LogP) is 4.71. The number of hydrogen-bond acceptors (Lipinski definition) is 4. The molecular formula is C20H21N3O. The predicted molar refractivity (Wildman–Crippen MR) is 93.1 cm³/mol. The van der Waals surface area contributed by atoms with Crippen LogP contribution >= 0.6 is 0 Å². The Balaban J connectivity index is 2.29. The Morgan fingerprint density at radius 2 is 1.50 bits per heavy atom. The highest BCUT2D eigenvalue weighted by Gasteiger charge is 2.24. The highest BCUT2D eigenvalue weighted by atomic mass is 16.3. The lowest BCUT2D eigenvalue weighted by Crippen LogP contribution is -2.09. The van der Waals surface area contributed by atoms with Gasteiger partial charge in [0.05, 0.1) is 23.1 Å². The van der Waals surface area contributed by atoms with E-state index in [1.807, 2.05) is 12.1 Å². The van der Waals surface area contributed by atoms with Gasteiger partial charge >= 0.3 is 0 Å². The molecule has 1 aromatic heterocycles. The number of hydrogen-bond donors (Lipinski definition) is 1. The second-order valence-corrected chi connectivity index (χ2v) is 6.32. The van der Waals surface area contributed by atoms with Crippen LogP contribution in [-0.2, 0) is 12.8 Å². The zero-order chi connectivity index (χ0) is 16.9. The van der Waals surface area contributed by atoms with E-state index in [1.165, 1.54) is 25.7 Å². The summed E-state index contributed by atoms with van der Waals surface area (Å²) in [6.07, 6.45) is 10.2. The summed E-state index contributed by atoms with van der Waals surface area (Å²) in [6.45, 7) is 0. The fourth-order valence-electron chi connectivity index (χ4n) is 3.67. The summed E-state index contributed by atoms with van der Waals surface area (Å²) in [5, 5.41) is 19.3. The van der Waals surface area contributed by atoms with Crippen LogP contribution in [0.25, 0.3) is 11.3 Å². The Morgan fingerprint density at radius 3 is 2.08 bits per heavy atom. The van der Waals surface area contributed by atoms with Crippen molar-refractivity contribution in [2.24, 2.45) is 0 Å². The summed E-state index contributed by atoms with van der Waals surface area (Å²) in [4.78, 5) is 0. The molecule has 4 nitrogen and oxygen atoms in total. The van der Waals surface area contributed by atoms with E-state index in [9.17, 15) is 10.5 Å². The summed E-state index contributed by atoms with van der Waals surface area (Å²) in [6, 6.07) is 8.13.